The molecular formula is C12H13ClN2O3. The van der Waals surface area contributed by atoms with Crippen LogP contribution in [0.1, 0.15) is 18.5 Å². The van der Waals surface area contributed by atoms with Crippen molar-refractivity contribution in [2.24, 2.45) is 0 Å². The van der Waals surface area contributed by atoms with E-state index in [1.807, 2.05) is 0 Å². The fraction of sp³-hybridized carbons (Fsp3) is 0.250. The molecule has 0 aromatic carbocycles. The van der Waals surface area contributed by atoms with Gasteiger partial charge in [-0.3, -0.25) is 9.59 Å². The van der Waals surface area contributed by atoms with Gasteiger partial charge in [0.05, 0.1) is 5.69 Å². The SMILES string of the molecule is O=C(O)CCCNC(=O)/C=C/c1cccc(Cl)n1. The number of aliphatic carboxylic acids is 1. The summed E-state index contributed by atoms with van der Waals surface area (Å²) in [5.41, 5.74) is 0.586. The molecule has 0 bridgehead atoms. The molecule has 0 aliphatic carbocycles. The van der Waals surface area contributed by atoms with E-state index < -0.39 is 5.97 Å². The van der Waals surface area contributed by atoms with Crippen molar-refractivity contribution < 1.29 is 14.7 Å². The van der Waals surface area contributed by atoms with Gasteiger partial charge in [0, 0.05) is 19.0 Å². The van der Waals surface area contributed by atoms with Crippen molar-refractivity contribution in [3.05, 3.63) is 35.1 Å². The van der Waals surface area contributed by atoms with Crippen molar-refractivity contribution in [1.82, 2.24) is 10.3 Å². The lowest BCUT2D eigenvalue weighted by Crippen LogP contribution is -2.22. The number of carboxylic acids is 1. The summed E-state index contributed by atoms with van der Waals surface area (Å²) in [7, 11) is 0. The summed E-state index contributed by atoms with van der Waals surface area (Å²) in [6.07, 6.45) is 3.32. The maximum atomic E-state index is 11.3. The van der Waals surface area contributed by atoms with Crippen LogP contribution in [0.5, 0.6) is 0 Å². The van der Waals surface area contributed by atoms with Crippen LogP contribution >= 0.6 is 11.6 Å². The number of aromatic nitrogens is 1. The fourth-order valence-corrected chi connectivity index (χ4v) is 1.36. The van der Waals surface area contributed by atoms with Crippen LogP contribution in [0.3, 0.4) is 0 Å². The number of nitrogens with one attached hydrogen (secondary N) is 1. The van der Waals surface area contributed by atoms with E-state index in [2.05, 4.69) is 10.3 Å². The average Bonchev–Trinajstić information content (AvgIpc) is 2.32. The van der Waals surface area contributed by atoms with Crippen LogP contribution in [0, 0.1) is 0 Å². The highest BCUT2D eigenvalue weighted by Gasteiger charge is 1.98. The normalized spacial score (nSPS) is 10.5. The highest BCUT2D eigenvalue weighted by Crippen LogP contribution is 2.06. The molecule has 5 nitrogen and oxygen atoms in total. The van der Waals surface area contributed by atoms with E-state index in [1.165, 1.54) is 6.08 Å². The molecule has 0 spiro atoms. The van der Waals surface area contributed by atoms with Crippen molar-refractivity contribution in [2.45, 2.75) is 12.8 Å². The largest absolute Gasteiger partial charge is 0.481 e. The van der Waals surface area contributed by atoms with E-state index in [-0.39, 0.29) is 12.3 Å². The van der Waals surface area contributed by atoms with E-state index in [9.17, 15) is 9.59 Å². The van der Waals surface area contributed by atoms with Gasteiger partial charge in [-0.2, -0.15) is 0 Å². The lowest BCUT2D eigenvalue weighted by Gasteiger charge is -1.99. The van der Waals surface area contributed by atoms with E-state index in [1.54, 1.807) is 24.3 Å². The minimum Gasteiger partial charge on any atom is -0.481 e. The van der Waals surface area contributed by atoms with Crippen LogP contribution in [0.2, 0.25) is 5.15 Å². The molecule has 1 aromatic rings. The third-order valence-corrected chi connectivity index (χ3v) is 2.22. The van der Waals surface area contributed by atoms with Crippen molar-refractivity contribution in [3.63, 3.8) is 0 Å². The number of halogens is 1. The van der Waals surface area contributed by atoms with Gasteiger partial charge < -0.3 is 10.4 Å². The van der Waals surface area contributed by atoms with Crippen molar-refractivity contribution >= 4 is 29.6 Å². The zero-order valence-corrected chi connectivity index (χ0v) is 10.4. The summed E-state index contributed by atoms with van der Waals surface area (Å²) >= 11 is 5.69. The third kappa shape index (κ3) is 6.00. The zero-order valence-electron chi connectivity index (χ0n) is 9.60. The fourth-order valence-electron chi connectivity index (χ4n) is 1.19. The molecule has 6 heteroatoms. The van der Waals surface area contributed by atoms with Crippen LogP contribution in [0.15, 0.2) is 24.3 Å². The van der Waals surface area contributed by atoms with Crippen LogP contribution < -0.4 is 5.32 Å². The number of amides is 1. The molecule has 18 heavy (non-hydrogen) atoms. The Hall–Kier alpha value is -1.88. The van der Waals surface area contributed by atoms with Crippen molar-refractivity contribution in [1.29, 1.82) is 0 Å². The first-order chi connectivity index (χ1) is 8.58. The maximum Gasteiger partial charge on any atom is 0.303 e. The molecule has 2 N–H and O–H groups in total. The second-order valence-corrected chi connectivity index (χ2v) is 3.89. The Labute approximate surface area is 109 Å². The Morgan fingerprint density at radius 1 is 1.44 bits per heavy atom. The molecule has 0 fully saturated rings. The topological polar surface area (TPSA) is 79.3 Å². The quantitative estimate of drug-likeness (QED) is 0.468. The molecule has 0 radical (unpaired) electrons. The Bertz CT molecular complexity index is 460. The molecule has 1 amide bonds. The molecule has 0 saturated heterocycles. The standard InChI is InChI=1S/C12H13ClN2O3/c13-10-4-1-3-9(15-10)6-7-11(16)14-8-2-5-12(17)18/h1,3-4,6-7H,2,5,8H2,(H,14,16)(H,17,18)/b7-6+. The van der Waals surface area contributed by atoms with Crippen LogP contribution in [-0.4, -0.2) is 28.5 Å². The van der Waals surface area contributed by atoms with E-state index in [0.29, 0.717) is 23.8 Å². The van der Waals surface area contributed by atoms with Gasteiger partial charge in [0.25, 0.3) is 0 Å². The van der Waals surface area contributed by atoms with Gasteiger partial charge in [0.1, 0.15) is 5.15 Å². The predicted molar refractivity (Wildman–Crippen MR) is 68.2 cm³/mol. The maximum absolute atomic E-state index is 11.3. The Morgan fingerprint density at radius 3 is 2.89 bits per heavy atom. The van der Waals surface area contributed by atoms with Gasteiger partial charge in [-0.25, -0.2) is 4.98 Å². The Kier molecular flexibility index (Phi) is 5.87. The number of carbonyl (C=O) groups is 2. The van der Waals surface area contributed by atoms with Gasteiger partial charge in [0.15, 0.2) is 0 Å². The number of hydrogen-bond acceptors (Lipinski definition) is 3. The first-order valence-corrected chi connectivity index (χ1v) is 5.76. The van der Waals surface area contributed by atoms with Gasteiger partial charge in [0.2, 0.25) is 5.91 Å². The molecule has 1 rings (SSSR count). The summed E-state index contributed by atoms with van der Waals surface area (Å²) in [5.74, 6) is -1.16. The lowest BCUT2D eigenvalue weighted by molar-refractivity contribution is -0.137. The molecule has 0 aliphatic heterocycles. The molecule has 96 valence electrons. The summed E-state index contributed by atoms with van der Waals surface area (Å²) in [4.78, 5) is 25.6. The van der Waals surface area contributed by atoms with E-state index in [4.69, 9.17) is 16.7 Å². The van der Waals surface area contributed by atoms with Gasteiger partial charge in [-0.05, 0) is 24.6 Å². The van der Waals surface area contributed by atoms with Crippen molar-refractivity contribution in [2.75, 3.05) is 6.54 Å². The number of hydrogen-bond donors (Lipinski definition) is 2. The number of nitrogens with zero attached hydrogens (tertiary/aromatic N) is 1. The molecular weight excluding hydrogens is 256 g/mol. The summed E-state index contributed by atoms with van der Waals surface area (Å²) in [6.45, 7) is 0.332. The van der Waals surface area contributed by atoms with E-state index in [0.717, 1.165) is 0 Å². The molecule has 1 aromatic heterocycles. The van der Waals surface area contributed by atoms with Crippen LogP contribution in [0.4, 0.5) is 0 Å². The number of rotatable bonds is 6. The molecule has 0 saturated carbocycles. The number of pyridine rings is 1. The summed E-state index contributed by atoms with van der Waals surface area (Å²) in [5, 5.41) is 11.3. The molecule has 0 atom stereocenters. The Morgan fingerprint density at radius 2 is 2.22 bits per heavy atom. The average molecular weight is 269 g/mol. The molecule has 1 heterocycles. The molecule has 0 aliphatic rings. The highest BCUT2D eigenvalue weighted by molar-refractivity contribution is 6.29. The number of carbonyl (C=O) groups excluding carboxylic acids is 1. The van der Waals surface area contributed by atoms with Gasteiger partial charge in [-0.15, -0.1) is 0 Å². The number of carboxylic acid groups (broad SMARTS) is 1. The zero-order chi connectivity index (χ0) is 13.4. The van der Waals surface area contributed by atoms with Gasteiger partial charge in [-0.1, -0.05) is 17.7 Å². The lowest BCUT2D eigenvalue weighted by atomic mass is 10.3. The van der Waals surface area contributed by atoms with E-state index >= 15 is 0 Å². The second kappa shape index (κ2) is 7.45. The van der Waals surface area contributed by atoms with Crippen molar-refractivity contribution in [3.8, 4) is 0 Å². The predicted octanol–water partition coefficient (Wildman–Crippen LogP) is 1.73. The first kappa shape index (κ1) is 14.2. The summed E-state index contributed by atoms with van der Waals surface area (Å²) in [6, 6.07) is 5.10. The minimum absolute atomic E-state index is 0.0415. The van der Waals surface area contributed by atoms with Crippen LogP contribution in [0.25, 0.3) is 6.08 Å². The second-order valence-electron chi connectivity index (χ2n) is 3.51. The minimum atomic E-state index is -0.872. The smallest absolute Gasteiger partial charge is 0.303 e. The van der Waals surface area contributed by atoms with Crippen LogP contribution in [-0.2, 0) is 9.59 Å². The van der Waals surface area contributed by atoms with Gasteiger partial charge >= 0.3 is 5.97 Å². The Balaban J connectivity index is 2.33. The highest BCUT2D eigenvalue weighted by atomic mass is 35.5. The first-order valence-electron chi connectivity index (χ1n) is 5.38. The molecule has 0 unspecified atom stereocenters. The summed E-state index contributed by atoms with van der Waals surface area (Å²) < 4.78 is 0. The monoisotopic (exact) mass is 268 g/mol. The third-order valence-electron chi connectivity index (χ3n) is 2.01.